The second-order valence-corrected chi connectivity index (χ2v) is 4.70. The molecule has 0 saturated heterocycles. The van der Waals surface area contributed by atoms with Gasteiger partial charge in [0.25, 0.3) is 0 Å². The van der Waals surface area contributed by atoms with Crippen molar-refractivity contribution in [3.05, 3.63) is 10.9 Å². The third kappa shape index (κ3) is 2.48. The Bertz CT molecular complexity index is 511. The zero-order valence-electron chi connectivity index (χ0n) is 9.95. The summed E-state index contributed by atoms with van der Waals surface area (Å²) in [4.78, 5) is 11.1. The molecule has 0 fully saturated rings. The minimum atomic E-state index is 0.0884. The Balaban J connectivity index is 2.48. The van der Waals surface area contributed by atoms with E-state index in [0.717, 1.165) is 22.5 Å². The lowest BCUT2D eigenvalue weighted by molar-refractivity contribution is 0.311. The molecule has 92 valence electrons. The van der Waals surface area contributed by atoms with Gasteiger partial charge in [-0.05, 0) is 12.5 Å². The summed E-state index contributed by atoms with van der Waals surface area (Å²) in [7, 11) is 1.80. The molecule has 2 aromatic rings. The first-order valence-electron chi connectivity index (χ1n) is 5.61. The first kappa shape index (κ1) is 12.1. The normalized spacial score (nSPS) is 10.8. The predicted octanol–water partition coefficient (Wildman–Crippen LogP) is 1.70. The van der Waals surface area contributed by atoms with Gasteiger partial charge in [0.05, 0.1) is 12.0 Å². The molecule has 3 N–H and O–H groups in total. The van der Waals surface area contributed by atoms with Gasteiger partial charge in [0.1, 0.15) is 10.6 Å². The summed E-state index contributed by atoms with van der Waals surface area (Å²) < 4.78 is 0. The van der Waals surface area contributed by atoms with Crippen LogP contribution in [0, 0.1) is 0 Å². The van der Waals surface area contributed by atoms with E-state index >= 15 is 0 Å². The van der Waals surface area contributed by atoms with Crippen LogP contribution in [0.2, 0.25) is 0 Å². The molecular formula is C11H16N4OS. The number of hydrogen-bond donors (Lipinski definition) is 3. The summed E-state index contributed by atoms with van der Waals surface area (Å²) in [6.45, 7) is 2.70. The van der Waals surface area contributed by atoms with Crippen LogP contribution in [-0.2, 0) is 6.42 Å². The molecule has 0 spiro atoms. The van der Waals surface area contributed by atoms with Gasteiger partial charge >= 0.3 is 0 Å². The molecule has 0 aliphatic carbocycles. The van der Waals surface area contributed by atoms with E-state index in [2.05, 4.69) is 33.6 Å². The molecule has 0 amide bonds. The summed E-state index contributed by atoms with van der Waals surface area (Å²) >= 11 is 1.68. The largest absolute Gasteiger partial charge is 0.395 e. The van der Waals surface area contributed by atoms with Gasteiger partial charge in [-0.2, -0.15) is 4.98 Å². The minimum absolute atomic E-state index is 0.0884. The number of aliphatic hydroxyl groups is 1. The molecule has 6 heteroatoms. The van der Waals surface area contributed by atoms with Crippen molar-refractivity contribution in [3.63, 3.8) is 0 Å². The number of aliphatic hydroxyl groups excluding tert-OH is 1. The number of anilines is 2. The van der Waals surface area contributed by atoms with Crippen molar-refractivity contribution in [1.29, 1.82) is 0 Å². The third-order valence-electron chi connectivity index (χ3n) is 2.42. The highest BCUT2D eigenvalue weighted by atomic mass is 32.1. The highest BCUT2D eigenvalue weighted by Gasteiger charge is 2.10. The van der Waals surface area contributed by atoms with E-state index in [1.807, 2.05) is 0 Å². The molecule has 2 heterocycles. The molecule has 0 atom stereocenters. The van der Waals surface area contributed by atoms with Crippen molar-refractivity contribution in [1.82, 2.24) is 9.97 Å². The van der Waals surface area contributed by atoms with Crippen LogP contribution in [0.1, 0.15) is 11.8 Å². The van der Waals surface area contributed by atoms with Gasteiger partial charge in [0.15, 0.2) is 0 Å². The van der Waals surface area contributed by atoms with Crippen LogP contribution >= 0.6 is 11.3 Å². The number of fused-ring (bicyclic) bond motifs is 1. The molecule has 0 bridgehead atoms. The monoisotopic (exact) mass is 252 g/mol. The lowest BCUT2D eigenvalue weighted by Crippen LogP contribution is -2.08. The molecule has 2 aromatic heterocycles. The van der Waals surface area contributed by atoms with Crippen LogP contribution in [0.3, 0.4) is 0 Å². The maximum absolute atomic E-state index is 8.86. The zero-order chi connectivity index (χ0) is 12.3. The summed E-state index contributed by atoms with van der Waals surface area (Å²) in [6, 6.07) is 2.11. The van der Waals surface area contributed by atoms with Crippen LogP contribution < -0.4 is 10.6 Å². The number of nitrogens with one attached hydrogen (secondary N) is 2. The van der Waals surface area contributed by atoms with Crippen molar-refractivity contribution < 1.29 is 5.11 Å². The Morgan fingerprint density at radius 3 is 2.88 bits per heavy atom. The first-order valence-corrected chi connectivity index (χ1v) is 6.43. The van der Waals surface area contributed by atoms with E-state index in [4.69, 9.17) is 5.11 Å². The lowest BCUT2D eigenvalue weighted by atomic mass is 10.3. The fourth-order valence-electron chi connectivity index (χ4n) is 1.57. The number of nitrogens with zero attached hydrogens (tertiary/aromatic N) is 2. The molecule has 0 aromatic carbocycles. The van der Waals surface area contributed by atoms with Gasteiger partial charge in [-0.1, -0.05) is 6.92 Å². The number of rotatable bonds is 5. The van der Waals surface area contributed by atoms with Crippen LogP contribution in [0.15, 0.2) is 6.07 Å². The summed E-state index contributed by atoms with van der Waals surface area (Å²) in [5.74, 6) is 1.38. The molecule has 5 nitrogen and oxygen atoms in total. The van der Waals surface area contributed by atoms with Gasteiger partial charge < -0.3 is 15.7 Å². The van der Waals surface area contributed by atoms with Gasteiger partial charge in [-0.15, -0.1) is 11.3 Å². The van der Waals surface area contributed by atoms with Crippen LogP contribution in [0.5, 0.6) is 0 Å². The van der Waals surface area contributed by atoms with Crippen molar-refractivity contribution in [2.75, 3.05) is 30.8 Å². The lowest BCUT2D eigenvalue weighted by Gasteiger charge is -2.06. The SMILES string of the molecule is CCc1cc2c(NCCO)nc(NC)nc2s1. The Labute approximate surface area is 104 Å². The second-order valence-electron chi connectivity index (χ2n) is 3.58. The van der Waals surface area contributed by atoms with Gasteiger partial charge in [-0.25, -0.2) is 4.98 Å². The van der Waals surface area contributed by atoms with E-state index in [-0.39, 0.29) is 6.61 Å². The van der Waals surface area contributed by atoms with E-state index in [9.17, 15) is 0 Å². The molecule has 0 saturated carbocycles. The summed E-state index contributed by atoms with van der Waals surface area (Å²) in [5, 5.41) is 15.9. The number of thiophene rings is 1. The molecule has 0 unspecified atom stereocenters. The Kier molecular flexibility index (Phi) is 3.75. The van der Waals surface area contributed by atoms with Crippen LogP contribution in [0.4, 0.5) is 11.8 Å². The quantitative estimate of drug-likeness (QED) is 0.755. The van der Waals surface area contributed by atoms with Gasteiger partial charge in [-0.3, -0.25) is 0 Å². The standard InChI is InChI=1S/C11H16N4OS/c1-3-7-6-8-9(13-4-5-16)14-11(12-2)15-10(8)17-7/h6,16H,3-5H2,1-2H3,(H2,12,13,14,15). The van der Waals surface area contributed by atoms with E-state index in [0.29, 0.717) is 12.5 Å². The summed E-state index contributed by atoms with van der Waals surface area (Å²) in [5.41, 5.74) is 0. The maximum atomic E-state index is 8.86. The molecule has 2 rings (SSSR count). The number of aryl methyl sites for hydroxylation is 1. The average molecular weight is 252 g/mol. The molecule has 0 radical (unpaired) electrons. The first-order chi connectivity index (χ1) is 8.28. The zero-order valence-corrected chi connectivity index (χ0v) is 10.8. The minimum Gasteiger partial charge on any atom is -0.395 e. The summed E-state index contributed by atoms with van der Waals surface area (Å²) in [6.07, 6.45) is 0.995. The predicted molar refractivity (Wildman–Crippen MR) is 71.9 cm³/mol. The van der Waals surface area contributed by atoms with Crippen molar-refractivity contribution in [2.24, 2.45) is 0 Å². The third-order valence-corrected chi connectivity index (χ3v) is 3.59. The van der Waals surface area contributed by atoms with E-state index in [1.165, 1.54) is 4.88 Å². The molecule has 0 aliphatic rings. The second kappa shape index (κ2) is 5.29. The number of hydrogen-bond acceptors (Lipinski definition) is 6. The number of aromatic nitrogens is 2. The van der Waals surface area contributed by atoms with E-state index < -0.39 is 0 Å². The molecule has 0 aliphatic heterocycles. The average Bonchev–Trinajstić information content (AvgIpc) is 2.78. The van der Waals surface area contributed by atoms with Crippen molar-refractivity contribution >= 4 is 33.3 Å². The molecule has 17 heavy (non-hydrogen) atoms. The maximum Gasteiger partial charge on any atom is 0.225 e. The van der Waals surface area contributed by atoms with Gasteiger partial charge in [0.2, 0.25) is 5.95 Å². The smallest absolute Gasteiger partial charge is 0.225 e. The fourth-order valence-corrected chi connectivity index (χ4v) is 2.53. The van der Waals surface area contributed by atoms with Gasteiger partial charge in [0, 0.05) is 18.5 Å². The Morgan fingerprint density at radius 1 is 1.41 bits per heavy atom. The van der Waals surface area contributed by atoms with Crippen molar-refractivity contribution in [3.8, 4) is 0 Å². The van der Waals surface area contributed by atoms with Crippen molar-refractivity contribution in [2.45, 2.75) is 13.3 Å². The molecular weight excluding hydrogens is 236 g/mol. The highest BCUT2D eigenvalue weighted by molar-refractivity contribution is 7.18. The van der Waals surface area contributed by atoms with Crippen LogP contribution in [0.25, 0.3) is 10.2 Å². The fraction of sp³-hybridized carbons (Fsp3) is 0.455. The highest BCUT2D eigenvalue weighted by Crippen LogP contribution is 2.30. The van der Waals surface area contributed by atoms with Crippen LogP contribution in [-0.4, -0.2) is 35.3 Å². The van der Waals surface area contributed by atoms with E-state index in [1.54, 1.807) is 18.4 Å². The topological polar surface area (TPSA) is 70.1 Å². The Morgan fingerprint density at radius 2 is 2.24 bits per heavy atom. The Hall–Kier alpha value is -1.40.